The molecule has 1 N–H and O–H groups in total. The molecule has 1 aromatic rings. The standard InChI is InChI=1S/C14H18N2O2/c1-10-5-6-16(14(10)9-17)13-7-12(18-2)4-3-11(13)8-15/h3-4,7,10,14,17H,5-6,9H2,1-2H3. The van der Waals surface area contributed by atoms with Gasteiger partial charge in [-0.1, -0.05) is 6.92 Å². The number of ether oxygens (including phenoxy) is 1. The third-order valence-corrected chi connectivity index (χ3v) is 3.70. The topological polar surface area (TPSA) is 56.5 Å². The van der Waals surface area contributed by atoms with Crippen LogP contribution in [-0.4, -0.2) is 31.4 Å². The number of rotatable bonds is 3. The Labute approximate surface area is 107 Å². The van der Waals surface area contributed by atoms with Gasteiger partial charge >= 0.3 is 0 Å². The molecule has 1 heterocycles. The van der Waals surface area contributed by atoms with Crippen LogP contribution in [0.3, 0.4) is 0 Å². The van der Waals surface area contributed by atoms with Crippen LogP contribution >= 0.6 is 0 Å². The molecule has 4 heteroatoms. The maximum absolute atomic E-state index is 9.50. The van der Waals surface area contributed by atoms with Gasteiger partial charge in [-0.2, -0.15) is 5.26 Å². The maximum Gasteiger partial charge on any atom is 0.121 e. The lowest BCUT2D eigenvalue weighted by molar-refractivity contribution is 0.244. The van der Waals surface area contributed by atoms with Crippen LogP contribution in [0.4, 0.5) is 5.69 Å². The molecule has 0 radical (unpaired) electrons. The summed E-state index contributed by atoms with van der Waals surface area (Å²) in [6.45, 7) is 3.12. The smallest absolute Gasteiger partial charge is 0.121 e. The van der Waals surface area contributed by atoms with Crippen LogP contribution < -0.4 is 9.64 Å². The number of anilines is 1. The lowest BCUT2D eigenvalue weighted by Crippen LogP contribution is -2.35. The second-order valence-electron chi connectivity index (χ2n) is 4.70. The van der Waals surface area contributed by atoms with Crippen LogP contribution in [0.5, 0.6) is 5.75 Å². The van der Waals surface area contributed by atoms with E-state index in [4.69, 9.17) is 4.74 Å². The fourth-order valence-electron chi connectivity index (χ4n) is 2.56. The Bertz CT molecular complexity index is 467. The second kappa shape index (κ2) is 5.28. The van der Waals surface area contributed by atoms with Gasteiger partial charge in [0.25, 0.3) is 0 Å². The number of nitrogens with zero attached hydrogens (tertiary/aromatic N) is 2. The van der Waals surface area contributed by atoms with Crippen LogP contribution in [-0.2, 0) is 0 Å². The molecule has 0 amide bonds. The summed E-state index contributed by atoms with van der Waals surface area (Å²) < 4.78 is 5.21. The normalized spacial score (nSPS) is 22.9. The van der Waals surface area contributed by atoms with Crippen LogP contribution in [0.25, 0.3) is 0 Å². The monoisotopic (exact) mass is 246 g/mol. The van der Waals surface area contributed by atoms with E-state index >= 15 is 0 Å². The van der Waals surface area contributed by atoms with Gasteiger partial charge in [-0.15, -0.1) is 0 Å². The van der Waals surface area contributed by atoms with Crippen molar-refractivity contribution in [3.63, 3.8) is 0 Å². The molecular formula is C14H18N2O2. The van der Waals surface area contributed by atoms with Crippen molar-refractivity contribution in [2.75, 3.05) is 25.2 Å². The first-order chi connectivity index (χ1) is 8.71. The highest BCUT2D eigenvalue weighted by molar-refractivity contribution is 5.63. The van der Waals surface area contributed by atoms with Gasteiger partial charge in [0.2, 0.25) is 0 Å². The van der Waals surface area contributed by atoms with E-state index in [1.54, 1.807) is 19.2 Å². The maximum atomic E-state index is 9.50. The van der Waals surface area contributed by atoms with Crippen LogP contribution in [0, 0.1) is 17.2 Å². The molecule has 0 bridgehead atoms. The highest BCUT2D eigenvalue weighted by Gasteiger charge is 2.32. The molecule has 4 nitrogen and oxygen atoms in total. The zero-order valence-electron chi connectivity index (χ0n) is 10.8. The predicted molar refractivity (Wildman–Crippen MR) is 69.7 cm³/mol. The molecule has 18 heavy (non-hydrogen) atoms. The van der Waals surface area contributed by atoms with Gasteiger partial charge < -0.3 is 14.7 Å². The highest BCUT2D eigenvalue weighted by atomic mass is 16.5. The number of hydrogen-bond donors (Lipinski definition) is 1. The van der Waals surface area contributed by atoms with Gasteiger partial charge in [0.1, 0.15) is 11.8 Å². The Kier molecular flexibility index (Phi) is 3.73. The van der Waals surface area contributed by atoms with E-state index in [2.05, 4.69) is 17.9 Å². The number of methoxy groups -OCH3 is 1. The second-order valence-corrected chi connectivity index (χ2v) is 4.70. The minimum absolute atomic E-state index is 0.0872. The molecule has 0 saturated carbocycles. The van der Waals surface area contributed by atoms with Crippen molar-refractivity contribution >= 4 is 5.69 Å². The first-order valence-corrected chi connectivity index (χ1v) is 6.17. The van der Waals surface area contributed by atoms with E-state index in [-0.39, 0.29) is 12.6 Å². The van der Waals surface area contributed by atoms with Crippen molar-refractivity contribution in [2.24, 2.45) is 5.92 Å². The molecule has 0 spiro atoms. The van der Waals surface area contributed by atoms with Crippen molar-refractivity contribution in [2.45, 2.75) is 19.4 Å². The SMILES string of the molecule is COc1ccc(C#N)c(N2CCC(C)C2CO)c1. The van der Waals surface area contributed by atoms with Crippen molar-refractivity contribution in [3.05, 3.63) is 23.8 Å². The van der Waals surface area contributed by atoms with E-state index in [1.807, 2.05) is 6.07 Å². The Morgan fingerprint density at radius 3 is 2.94 bits per heavy atom. The van der Waals surface area contributed by atoms with Crippen molar-refractivity contribution < 1.29 is 9.84 Å². The molecule has 1 aliphatic rings. The van der Waals surface area contributed by atoms with Gasteiger partial charge in [-0.3, -0.25) is 0 Å². The lowest BCUT2D eigenvalue weighted by Gasteiger charge is -2.28. The summed E-state index contributed by atoms with van der Waals surface area (Å²) in [5, 5.41) is 18.7. The molecule has 2 rings (SSSR count). The minimum Gasteiger partial charge on any atom is -0.497 e. The van der Waals surface area contributed by atoms with E-state index in [9.17, 15) is 10.4 Å². The molecule has 2 unspecified atom stereocenters. The molecule has 1 saturated heterocycles. The minimum atomic E-state index is 0.0872. The Morgan fingerprint density at radius 1 is 1.56 bits per heavy atom. The largest absolute Gasteiger partial charge is 0.497 e. The Balaban J connectivity index is 2.40. The number of hydrogen-bond acceptors (Lipinski definition) is 4. The summed E-state index contributed by atoms with van der Waals surface area (Å²) in [7, 11) is 1.61. The number of aliphatic hydroxyl groups excluding tert-OH is 1. The summed E-state index contributed by atoms with van der Waals surface area (Å²) in [6.07, 6.45) is 1.04. The molecule has 0 aromatic heterocycles. The summed E-state index contributed by atoms with van der Waals surface area (Å²) in [6, 6.07) is 7.72. The van der Waals surface area contributed by atoms with Crippen LogP contribution in [0.15, 0.2) is 18.2 Å². The van der Waals surface area contributed by atoms with Gasteiger partial charge in [0.05, 0.1) is 31.0 Å². The van der Waals surface area contributed by atoms with Crippen LogP contribution in [0.1, 0.15) is 18.9 Å². The van der Waals surface area contributed by atoms with Gasteiger partial charge in [-0.25, -0.2) is 0 Å². The van der Waals surface area contributed by atoms with E-state index < -0.39 is 0 Å². The van der Waals surface area contributed by atoms with E-state index in [0.29, 0.717) is 11.5 Å². The summed E-state index contributed by atoms with van der Waals surface area (Å²) in [5.41, 5.74) is 1.49. The van der Waals surface area contributed by atoms with E-state index in [1.165, 1.54) is 0 Å². The molecular weight excluding hydrogens is 228 g/mol. The summed E-state index contributed by atoms with van der Waals surface area (Å²) in [5.74, 6) is 1.17. The fraction of sp³-hybridized carbons (Fsp3) is 0.500. The van der Waals surface area contributed by atoms with Crippen molar-refractivity contribution in [3.8, 4) is 11.8 Å². The number of nitriles is 1. The zero-order valence-corrected chi connectivity index (χ0v) is 10.8. The highest BCUT2D eigenvalue weighted by Crippen LogP contribution is 2.33. The van der Waals surface area contributed by atoms with E-state index in [0.717, 1.165) is 24.4 Å². The summed E-state index contributed by atoms with van der Waals surface area (Å²) >= 11 is 0. The summed E-state index contributed by atoms with van der Waals surface area (Å²) in [4.78, 5) is 2.12. The molecule has 0 aliphatic carbocycles. The lowest BCUT2D eigenvalue weighted by atomic mass is 10.0. The Hall–Kier alpha value is -1.73. The number of benzene rings is 1. The Morgan fingerprint density at radius 2 is 2.33 bits per heavy atom. The van der Waals surface area contributed by atoms with Gasteiger partial charge in [0, 0.05) is 12.6 Å². The zero-order chi connectivity index (χ0) is 13.1. The first kappa shape index (κ1) is 12.7. The predicted octanol–water partition coefficient (Wildman–Crippen LogP) is 1.77. The quantitative estimate of drug-likeness (QED) is 0.883. The third-order valence-electron chi connectivity index (χ3n) is 3.70. The molecule has 1 fully saturated rings. The average Bonchev–Trinajstić information content (AvgIpc) is 2.78. The molecule has 1 aromatic carbocycles. The molecule has 1 aliphatic heterocycles. The molecule has 2 atom stereocenters. The van der Waals surface area contributed by atoms with Gasteiger partial charge in [0.15, 0.2) is 0 Å². The first-order valence-electron chi connectivity index (χ1n) is 6.17. The average molecular weight is 246 g/mol. The third kappa shape index (κ3) is 2.14. The van der Waals surface area contributed by atoms with Crippen molar-refractivity contribution in [1.82, 2.24) is 0 Å². The van der Waals surface area contributed by atoms with Crippen LogP contribution in [0.2, 0.25) is 0 Å². The van der Waals surface area contributed by atoms with Crippen molar-refractivity contribution in [1.29, 1.82) is 5.26 Å². The number of aliphatic hydroxyl groups is 1. The van der Waals surface area contributed by atoms with Gasteiger partial charge in [-0.05, 0) is 24.5 Å². The molecule has 96 valence electrons. The fourth-order valence-corrected chi connectivity index (χ4v) is 2.56.